The first-order valence-corrected chi connectivity index (χ1v) is 7.01. The molecule has 0 bridgehead atoms. The van der Waals surface area contributed by atoms with Crippen molar-refractivity contribution in [3.8, 4) is 5.75 Å². The second-order valence-electron chi connectivity index (χ2n) is 4.35. The molecule has 0 aliphatic carbocycles. The molecular weight excluding hydrogens is 322 g/mol. The van der Waals surface area contributed by atoms with Gasteiger partial charge in [0.25, 0.3) is 0 Å². The van der Waals surface area contributed by atoms with Crippen LogP contribution >= 0.6 is 15.9 Å². The molecule has 1 amide bonds. The summed E-state index contributed by atoms with van der Waals surface area (Å²) >= 11 is 3.39. The summed E-state index contributed by atoms with van der Waals surface area (Å²) < 4.78 is 7.77. The van der Waals surface area contributed by atoms with Gasteiger partial charge in [-0.25, -0.2) is 0 Å². The zero-order valence-corrected chi connectivity index (χ0v) is 13.0. The second kappa shape index (κ2) is 6.56. The minimum atomic E-state index is -0.0422. The molecule has 0 fully saturated rings. The van der Waals surface area contributed by atoms with Gasteiger partial charge in [0, 0.05) is 24.8 Å². The van der Waals surface area contributed by atoms with Gasteiger partial charge in [0.1, 0.15) is 5.75 Å². The Bertz CT molecular complexity index is 573. The number of rotatable bonds is 5. The summed E-state index contributed by atoms with van der Waals surface area (Å²) in [5, 5.41) is 7.12. The lowest BCUT2D eigenvalue weighted by atomic mass is 10.3. The SMILES string of the molecule is COc1ccc(NC(=O)CCn2cc(Br)c(C)n2)cc1. The number of ether oxygens (including phenoxy) is 1. The number of halogens is 1. The van der Waals surface area contributed by atoms with Gasteiger partial charge in [0.2, 0.25) is 5.91 Å². The van der Waals surface area contributed by atoms with Crippen molar-refractivity contribution < 1.29 is 9.53 Å². The molecular formula is C14H16BrN3O2. The van der Waals surface area contributed by atoms with Crippen LogP contribution in [-0.2, 0) is 11.3 Å². The predicted octanol–water partition coefficient (Wildman–Crippen LogP) is 2.99. The molecule has 2 aromatic rings. The number of hydrogen-bond acceptors (Lipinski definition) is 3. The van der Waals surface area contributed by atoms with E-state index in [4.69, 9.17) is 4.74 Å². The molecule has 1 heterocycles. The maximum absolute atomic E-state index is 11.8. The van der Waals surface area contributed by atoms with Gasteiger partial charge in [-0.2, -0.15) is 5.10 Å². The van der Waals surface area contributed by atoms with E-state index < -0.39 is 0 Å². The summed E-state index contributed by atoms with van der Waals surface area (Å²) in [6.07, 6.45) is 2.25. The van der Waals surface area contributed by atoms with Crippen LogP contribution in [0.15, 0.2) is 34.9 Å². The van der Waals surface area contributed by atoms with Crippen LogP contribution in [0.25, 0.3) is 0 Å². The average molecular weight is 338 g/mol. The van der Waals surface area contributed by atoms with E-state index in [-0.39, 0.29) is 5.91 Å². The molecule has 0 aliphatic heterocycles. The molecule has 0 aliphatic rings. The van der Waals surface area contributed by atoms with Crippen molar-refractivity contribution in [2.45, 2.75) is 19.9 Å². The molecule has 106 valence electrons. The first-order valence-electron chi connectivity index (χ1n) is 6.22. The Hall–Kier alpha value is -1.82. The van der Waals surface area contributed by atoms with E-state index in [1.54, 1.807) is 11.8 Å². The Morgan fingerprint density at radius 2 is 2.10 bits per heavy atom. The van der Waals surface area contributed by atoms with E-state index in [0.717, 1.165) is 21.6 Å². The first kappa shape index (κ1) is 14.6. The van der Waals surface area contributed by atoms with Crippen molar-refractivity contribution in [1.29, 1.82) is 0 Å². The first-order chi connectivity index (χ1) is 9.58. The lowest BCUT2D eigenvalue weighted by Gasteiger charge is -2.06. The van der Waals surface area contributed by atoms with E-state index in [2.05, 4.69) is 26.3 Å². The Morgan fingerprint density at radius 3 is 2.65 bits per heavy atom. The molecule has 5 nitrogen and oxygen atoms in total. The molecule has 1 aromatic carbocycles. The van der Waals surface area contributed by atoms with Crippen LogP contribution in [0.5, 0.6) is 5.75 Å². The molecule has 20 heavy (non-hydrogen) atoms. The lowest BCUT2D eigenvalue weighted by Crippen LogP contribution is -2.14. The summed E-state index contributed by atoms with van der Waals surface area (Å²) in [7, 11) is 1.61. The van der Waals surface area contributed by atoms with Gasteiger partial charge < -0.3 is 10.1 Å². The van der Waals surface area contributed by atoms with Crippen molar-refractivity contribution in [2.75, 3.05) is 12.4 Å². The van der Waals surface area contributed by atoms with E-state index in [9.17, 15) is 4.79 Å². The molecule has 0 radical (unpaired) electrons. The summed E-state index contributed by atoms with van der Waals surface area (Å²) in [5.74, 6) is 0.722. The highest BCUT2D eigenvalue weighted by atomic mass is 79.9. The molecule has 0 saturated heterocycles. The normalized spacial score (nSPS) is 10.3. The van der Waals surface area contributed by atoms with Crippen molar-refractivity contribution >= 4 is 27.5 Å². The van der Waals surface area contributed by atoms with Gasteiger partial charge in [-0.15, -0.1) is 0 Å². The van der Waals surface area contributed by atoms with Crippen molar-refractivity contribution in [2.24, 2.45) is 0 Å². The number of anilines is 1. The molecule has 1 N–H and O–H groups in total. The Kier molecular flexibility index (Phi) is 4.79. The Labute approximate surface area is 126 Å². The third-order valence-corrected chi connectivity index (χ3v) is 3.61. The topological polar surface area (TPSA) is 56.1 Å². The standard InChI is InChI=1S/C14H16BrN3O2/c1-10-13(15)9-18(17-10)8-7-14(19)16-11-3-5-12(20-2)6-4-11/h3-6,9H,7-8H2,1-2H3,(H,16,19). The maximum Gasteiger partial charge on any atom is 0.226 e. The molecule has 1 aromatic heterocycles. The van der Waals surface area contributed by atoms with Crippen LogP contribution in [0, 0.1) is 6.92 Å². The Morgan fingerprint density at radius 1 is 1.40 bits per heavy atom. The van der Waals surface area contributed by atoms with E-state index in [1.165, 1.54) is 0 Å². The number of aryl methyl sites for hydroxylation is 2. The van der Waals surface area contributed by atoms with Crippen molar-refractivity contribution in [1.82, 2.24) is 9.78 Å². The fourth-order valence-electron chi connectivity index (χ4n) is 1.72. The number of benzene rings is 1. The van der Waals surface area contributed by atoms with E-state index in [0.29, 0.717) is 13.0 Å². The van der Waals surface area contributed by atoms with Crippen molar-refractivity contribution in [3.63, 3.8) is 0 Å². The highest BCUT2D eigenvalue weighted by Crippen LogP contribution is 2.16. The lowest BCUT2D eigenvalue weighted by molar-refractivity contribution is -0.116. The van der Waals surface area contributed by atoms with Gasteiger partial charge in [-0.3, -0.25) is 9.48 Å². The summed E-state index contributed by atoms with van der Waals surface area (Å²) in [5.41, 5.74) is 1.68. The molecule has 0 unspecified atom stereocenters. The number of amides is 1. The van der Waals surface area contributed by atoms with Crippen LogP contribution in [-0.4, -0.2) is 22.8 Å². The van der Waals surface area contributed by atoms with Crippen LogP contribution in [0.2, 0.25) is 0 Å². The maximum atomic E-state index is 11.8. The van der Waals surface area contributed by atoms with Crippen LogP contribution in [0.1, 0.15) is 12.1 Å². The highest BCUT2D eigenvalue weighted by molar-refractivity contribution is 9.10. The van der Waals surface area contributed by atoms with Crippen molar-refractivity contribution in [3.05, 3.63) is 40.6 Å². The predicted molar refractivity (Wildman–Crippen MR) is 80.9 cm³/mol. The minimum Gasteiger partial charge on any atom is -0.497 e. The van der Waals surface area contributed by atoms with Crippen LogP contribution in [0.3, 0.4) is 0 Å². The van der Waals surface area contributed by atoms with Crippen LogP contribution in [0.4, 0.5) is 5.69 Å². The summed E-state index contributed by atoms with van der Waals surface area (Å²) in [6.45, 7) is 2.46. The fraction of sp³-hybridized carbons (Fsp3) is 0.286. The largest absolute Gasteiger partial charge is 0.497 e. The quantitative estimate of drug-likeness (QED) is 0.912. The third kappa shape index (κ3) is 3.84. The minimum absolute atomic E-state index is 0.0422. The molecule has 6 heteroatoms. The highest BCUT2D eigenvalue weighted by Gasteiger charge is 2.05. The average Bonchev–Trinajstić information content (AvgIpc) is 2.76. The van der Waals surface area contributed by atoms with Gasteiger partial charge in [-0.1, -0.05) is 0 Å². The third-order valence-electron chi connectivity index (χ3n) is 2.83. The fourth-order valence-corrected chi connectivity index (χ4v) is 2.04. The van der Waals surface area contributed by atoms with E-state index in [1.807, 2.05) is 37.4 Å². The Balaban J connectivity index is 1.85. The van der Waals surface area contributed by atoms with Gasteiger partial charge >= 0.3 is 0 Å². The number of hydrogen-bond donors (Lipinski definition) is 1. The molecule has 0 saturated carbocycles. The molecule has 0 spiro atoms. The second-order valence-corrected chi connectivity index (χ2v) is 5.21. The summed E-state index contributed by atoms with van der Waals surface area (Å²) in [6, 6.07) is 7.24. The van der Waals surface area contributed by atoms with Gasteiger partial charge in [-0.05, 0) is 47.1 Å². The summed E-state index contributed by atoms with van der Waals surface area (Å²) in [4.78, 5) is 11.8. The monoisotopic (exact) mass is 337 g/mol. The number of nitrogens with zero attached hydrogens (tertiary/aromatic N) is 2. The zero-order valence-electron chi connectivity index (χ0n) is 11.4. The van der Waals surface area contributed by atoms with Gasteiger partial charge in [0.15, 0.2) is 0 Å². The number of aromatic nitrogens is 2. The number of carbonyl (C=O) groups excluding carboxylic acids is 1. The number of carbonyl (C=O) groups is 1. The zero-order chi connectivity index (χ0) is 14.5. The number of methoxy groups -OCH3 is 1. The van der Waals surface area contributed by atoms with Gasteiger partial charge in [0.05, 0.1) is 17.3 Å². The van der Waals surface area contributed by atoms with E-state index >= 15 is 0 Å². The molecule has 2 rings (SSSR count). The smallest absolute Gasteiger partial charge is 0.226 e. The molecule has 0 atom stereocenters. The van der Waals surface area contributed by atoms with Crippen LogP contribution < -0.4 is 10.1 Å². The number of nitrogens with one attached hydrogen (secondary N) is 1.